The number of hydrogen-bond acceptors (Lipinski definition) is 9. The maximum Gasteiger partial charge on any atom is 0.350 e. The number of aryl methyl sites for hydroxylation is 1. The van der Waals surface area contributed by atoms with Crippen molar-refractivity contribution in [1.29, 1.82) is 0 Å². The second-order valence-electron chi connectivity index (χ2n) is 12.5. The van der Waals surface area contributed by atoms with Gasteiger partial charge in [-0.1, -0.05) is 18.5 Å². The number of phenols is 1. The van der Waals surface area contributed by atoms with E-state index in [1.165, 1.54) is 0 Å². The van der Waals surface area contributed by atoms with E-state index in [9.17, 15) is 9.90 Å². The Kier molecular flexibility index (Phi) is 6.87. The van der Waals surface area contributed by atoms with Crippen LogP contribution in [-0.4, -0.2) is 104 Å². The lowest BCUT2D eigenvalue weighted by Crippen LogP contribution is -2.52. The van der Waals surface area contributed by atoms with Gasteiger partial charge in [-0.3, -0.25) is 14.1 Å². The van der Waals surface area contributed by atoms with E-state index in [1.54, 1.807) is 23.9 Å². The van der Waals surface area contributed by atoms with Crippen LogP contribution in [0.5, 0.6) is 5.75 Å². The fraction of sp³-hybridized carbons (Fsp3) is 0.516. The van der Waals surface area contributed by atoms with Crippen molar-refractivity contribution in [2.45, 2.75) is 42.8 Å². The van der Waals surface area contributed by atoms with Crippen LogP contribution in [0.2, 0.25) is 5.02 Å². The molecule has 4 aliphatic heterocycles. The molecule has 0 aliphatic carbocycles. The zero-order valence-electron chi connectivity index (χ0n) is 24.6. The van der Waals surface area contributed by atoms with Gasteiger partial charge < -0.3 is 20.2 Å². The predicted molar refractivity (Wildman–Crippen MR) is 173 cm³/mol. The zero-order chi connectivity index (χ0) is 29.4. The van der Waals surface area contributed by atoms with Crippen molar-refractivity contribution in [2.24, 2.45) is 7.05 Å². The maximum absolute atomic E-state index is 14.1. The van der Waals surface area contributed by atoms with E-state index in [2.05, 4.69) is 26.9 Å². The Bertz CT molecular complexity index is 1790. The highest BCUT2D eigenvalue weighted by Crippen LogP contribution is 2.49. The number of benzene rings is 2. The number of phenolic OH excluding ortho intramolecular Hbond substituents is 1. The molecular formula is C31H37ClN8O2S. The van der Waals surface area contributed by atoms with Crippen molar-refractivity contribution in [3.05, 3.63) is 39.8 Å². The molecule has 2 bridgehead atoms. The molecule has 3 unspecified atom stereocenters. The summed E-state index contributed by atoms with van der Waals surface area (Å²) in [5, 5.41) is 21.3. The number of piperazine rings is 2. The number of thioether (sulfide) groups is 1. The molecule has 0 amide bonds. The maximum atomic E-state index is 14.1. The summed E-state index contributed by atoms with van der Waals surface area (Å²) in [6.45, 7) is 9.89. The van der Waals surface area contributed by atoms with Gasteiger partial charge in [-0.25, -0.2) is 4.79 Å². The summed E-state index contributed by atoms with van der Waals surface area (Å²) < 4.78 is 3.78. The number of rotatable bonds is 5. The second-order valence-corrected chi connectivity index (χ2v) is 13.9. The summed E-state index contributed by atoms with van der Waals surface area (Å²) in [4.78, 5) is 27.2. The Labute approximate surface area is 259 Å². The third kappa shape index (κ3) is 4.63. The van der Waals surface area contributed by atoms with Gasteiger partial charge in [-0.2, -0.15) is 10.1 Å². The van der Waals surface area contributed by atoms with Crippen LogP contribution in [-0.2, 0) is 7.05 Å². The molecule has 8 rings (SSSR count). The number of anilines is 1. The summed E-state index contributed by atoms with van der Waals surface area (Å²) in [5.41, 5.74) is 3.16. The average Bonchev–Trinajstić information content (AvgIpc) is 3.51. The van der Waals surface area contributed by atoms with Crippen LogP contribution < -0.4 is 15.9 Å². The van der Waals surface area contributed by atoms with E-state index < -0.39 is 0 Å². The van der Waals surface area contributed by atoms with E-state index in [1.807, 2.05) is 28.4 Å². The highest BCUT2D eigenvalue weighted by molar-refractivity contribution is 7.99. The third-order valence-electron chi connectivity index (χ3n) is 9.85. The standard InChI is InChI=1S/C31H37ClN8O2S/c1-3-37-8-10-38(11-9-37)16-20-17-43-29-26(27-22-12-21(41)6-7-25(22)36(2)35-27)24(32)13-23-28(29)40(20)31(42)34-30(23)39-14-18-4-5-19(15-39)33-18/h6-7,12-13,18-20,33,41H,3-5,8-11,14-17H2,1-2H3. The fourth-order valence-corrected chi connectivity index (χ4v) is 9.31. The van der Waals surface area contributed by atoms with Gasteiger partial charge in [0.1, 0.15) is 17.3 Å². The van der Waals surface area contributed by atoms with Crippen molar-refractivity contribution in [3.63, 3.8) is 0 Å². The van der Waals surface area contributed by atoms with Crippen molar-refractivity contribution in [3.8, 4) is 17.0 Å². The van der Waals surface area contributed by atoms with Gasteiger partial charge >= 0.3 is 5.69 Å². The SMILES string of the molecule is CCN1CCN(CC2CSc3c(-c4nn(C)c5ccc(O)cc45)c(Cl)cc4c(N5CC6CCC(C5)N6)nc(=O)n2c34)CC1. The number of hydrogen-bond donors (Lipinski definition) is 2. The van der Waals surface area contributed by atoms with Gasteiger partial charge in [0.05, 0.1) is 22.1 Å². The first-order valence-electron chi connectivity index (χ1n) is 15.4. The predicted octanol–water partition coefficient (Wildman–Crippen LogP) is 3.53. The molecule has 0 saturated carbocycles. The Balaban J connectivity index is 1.31. The Hall–Kier alpha value is -2.83. The average molecular weight is 621 g/mol. The smallest absolute Gasteiger partial charge is 0.350 e. The number of fused-ring (bicyclic) bond motifs is 3. The Morgan fingerprint density at radius 1 is 1.07 bits per heavy atom. The van der Waals surface area contributed by atoms with Crippen LogP contribution in [0.15, 0.2) is 34.0 Å². The van der Waals surface area contributed by atoms with E-state index in [4.69, 9.17) is 21.7 Å². The number of likely N-dealkylation sites (N-methyl/N-ethyl adjacent to an activating group) is 1. The van der Waals surface area contributed by atoms with Crippen LogP contribution in [0.3, 0.4) is 0 Å². The summed E-state index contributed by atoms with van der Waals surface area (Å²) >= 11 is 8.97. The van der Waals surface area contributed by atoms with Gasteiger partial charge in [-0.05, 0) is 43.7 Å². The number of aromatic hydroxyl groups is 1. The van der Waals surface area contributed by atoms with Crippen molar-refractivity contribution < 1.29 is 5.11 Å². The first-order chi connectivity index (χ1) is 20.9. The lowest BCUT2D eigenvalue weighted by molar-refractivity contribution is 0.126. The van der Waals surface area contributed by atoms with Crippen molar-refractivity contribution in [1.82, 2.24) is 34.4 Å². The summed E-state index contributed by atoms with van der Waals surface area (Å²) in [6.07, 6.45) is 2.30. The van der Waals surface area contributed by atoms with Crippen molar-refractivity contribution in [2.75, 3.05) is 63.0 Å². The minimum absolute atomic E-state index is 0.0000220. The molecule has 3 atom stereocenters. The number of nitrogens with zero attached hydrogens (tertiary/aromatic N) is 7. The molecule has 4 aliphatic rings. The number of halogens is 1. The monoisotopic (exact) mass is 620 g/mol. The summed E-state index contributed by atoms with van der Waals surface area (Å²) in [6, 6.07) is 8.13. The van der Waals surface area contributed by atoms with Gasteiger partial charge in [0.2, 0.25) is 0 Å². The van der Waals surface area contributed by atoms with Crippen LogP contribution in [0, 0.1) is 0 Å². The molecule has 12 heteroatoms. The molecule has 4 aromatic rings. The lowest BCUT2D eigenvalue weighted by atomic mass is 10.0. The van der Waals surface area contributed by atoms with Crippen LogP contribution in [0.4, 0.5) is 5.82 Å². The minimum atomic E-state index is -0.191. The first-order valence-corrected chi connectivity index (χ1v) is 16.8. The summed E-state index contributed by atoms with van der Waals surface area (Å²) in [7, 11) is 1.90. The third-order valence-corrected chi connectivity index (χ3v) is 11.4. The highest BCUT2D eigenvalue weighted by atomic mass is 35.5. The van der Waals surface area contributed by atoms with Gasteiger partial charge in [0.15, 0.2) is 0 Å². The van der Waals surface area contributed by atoms with Gasteiger partial charge in [0, 0.05) is 91.9 Å². The van der Waals surface area contributed by atoms with E-state index >= 15 is 0 Å². The molecule has 2 aromatic carbocycles. The molecule has 3 saturated heterocycles. The molecule has 3 fully saturated rings. The number of nitrogens with one attached hydrogen (secondary N) is 1. The van der Waals surface area contributed by atoms with Gasteiger partial charge in [0.25, 0.3) is 0 Å². The lowest BCUT2D eigenvalue weighted by Gasteiger charge is -2.38. The Morgan fingerprint density at radius 2 is 1.81 bits per heavy atom. The second kappa shape index (κ2) is 10.7. The molecule has 2 aromatic heterocycles. The largest absolute Gasteiger partial charge is 0.508 e. The van der Waals surface area contributed by atoms with Crippen molar-refractivity contribution >= 4 is 51.0 Å². The fourth-order valence-electron chi connectivity index (χ4n) is 7.65. The molecule has 10 nitrogen and oxygen atoms in total. The zero-order valence-corrected chi connectivity index (χ0v) is 26.2. The molecule has 6 heterocycles. The molecular weight excluding hydrogens is 584 g/mol. The van der Waals surface area contributed by atoms with Crippen LogP contribution in [0.25, 0.3) is 33.1 Å². The molecule has 0 spiro atoms. The van der Waals surface area contributed by atoms with E-state index in [0.29, 0.717) is 17.1 Å². The molecule has 0 radical (unpaired) electrons. The number of aromatic nitrogens is 4. The normalized spacial score (nSPS) is 24.4. The van der Waals surface area contributed by atoms with Gasteiger partial charge in [-0.15, -0.1) is 11.8 Å². The van der Waals surface area contributed by atoms with Crippen LogP contribution in [0.1, 0.15) is 25.8 Å². The molecule has 43 heavy (non-hydrogen) atoms. The van der Waals surface area contributed by atoms with E-state index in [0.717, 1.165) is 115 Å². The summed E-state index contributed by atoms with van der Waals surface area (Å²) in [5.74, 6) is 1.67. The minimum Gasteiger partial charge on any atom is -0.508 e. The molecule has 2 N–H and O–H groups in total. The topological polar surface area (TPSA) is 94.7 Å². The van der Waals surface area contributed by atoms with Crippen LogP contribution >= 0.6 is 23.4 Å². The highest BCUT2D eigenvalue weighted by Gasteiger charge is 2.37. The molecule has 226 valence electrons. The van der Waals surface area contributed by atoms with E-state index in [-0.39, 0.29) is 17.5 Å². The Morgan fingerprint density at radius 3 is 2.56 bits per heavy atom. The first kappa shape index (κ1) is 27.7. The quantitative estimate of drug-likeness (QED) is 0.347.